The molecule has 2 rings (SSSR count). The van der Waals surface area contributed by atoms with Gasteiger partial charge in [0.15, 0.2) is 0 Å². The number of hydrogen-bond donors (Lipinski definition) is 0. The zero-order valence-corrected chi connectivity index (χ0v) is 11.3. The van der Waals surface area contributed by atoms with E-state index in [1.54, 1.807) is 0 Å². The van der Waals surface area contributed by atoms with Crippen LogP contribution in [-0.4, -0.2) is 12.1 Å². The van der Waals surface area contributed by atoms with Crippen LogP contribution in [0.1, 0.15) is 67.8 Å². The van der Waals surface area contributed by atoms with Crippen LogP contribution >= 0.6 is 0 Å². The first-order chi connectivity index (χ1) is 8.66. The highest BCUT2D eigenvalue weighted by Gasteiger charge is 2.18. The number of rotatable bonds is 3. The first-order valence-corrected chi connectivity index (χ1v) is 6.98. The topological polar surface area (TPSA) is 26.3 Å². The zero-order valence-electron chi connectivity index (χ0n) is 11.3. The van der Waals surface area contributed by atoms with E-state index < -0.39 is 0 Å². The van der Waals surface area contributed by atoms with E-state index in [2.05, 4.69) is 19.9 Å². The lowest BCUT2D eigenvalue weighted by atomic mass is 9.97. The second kappa shape index (κ2) is 6.03. The van der Waals surface area contributed by atoms with Crippen molar-refractivity contribution in [1.29, 1.82) is 0 Å². The Morgan fingerprint density at radius 3 is 2.61 bits per heavy atom. The van der Waals surface area contributed by atoms with Gasteiger partial charge in [-0.05, 0) is 49.3 Å². The molecule has 0 aromatic heterocycles. The van der Waals surface area contributed by atoms with Crippen LogP contribution in [0.15, 0.2) is 24.3 Å². The fourth-order valence-electron chi connectivity index (χ4n) is 2.43. The van der Waals surface area contributed by atoms with Crippen LogP contribution in [-0.2, 0) is 4.74 Å². The molecule has 1 aromatic rings. The number of hydrogen-bond acceptors (Lipinski definition) is 2. The lowest BCUT2D eigenvalue weighted by Gasteiger charge is -2.22. The molecule has 0 N–H and O–H groups in total. The summed E-state index contributed by atoms with van der Waals surface area (Å²) in [5.74, 6) is 0.275. The van der Waals surface area contributed by atoms with E-state index in [9.17, 15) is 4.79 Å². The minimum absolute atomic E-state index is 0.133. The van der Waals surface area contributed by atoms with Crippen LogP contribution in [0.2, 0.25) is 0 Å². The highest BCUT2D eigenvalue weighted by molar-refractivity contribution is 5.89. The average molecular weight is 246 g/mol. The fourth-order valence-corrected chi connectivity index (χ4v) is 2.43. The number of esters is 1. The first-order valence-electron chi connectivity index (χ1n) is 6.98. The molecule has 2 nitrogen and oxygen atoms in total. The van der Waals surface area contributed by atoms with Gasteiger partial charge >= 0.3 is 5.97 Å². The third kappa shape index (κ3) is 3.34. The van der Waals surface area contributed by atoms with Gasteiger partial charge in [-0.1, -0.05) is 32.4 Å². The Bertz CT molecular complexity index is 403. The molecular weight excluding hydrogens is 224 g/mol. The van der Waals surface area contributed by atoms with Gasteiger partial charge in [-0.25, -0.2) is 4.79 Å². The standard InChI is InChI=1S/C16H22O2/c1-12(2)13-7-6-8-14(11-13)16(17)18-15-9-4-3-5-10-15/h6-8,11-12,15H,3-5,9-10H2,1-2H3. The summed E-state index contributed by atoms with van der Waals surface area (Å²) in [5, 5.41) is 0. The third-order valence-corrected chi connectivity index (χ3v) is 3.61. The van der Waals surface area contributed by atoms with Crippen molar-refractivity contribution in [3.05, 3.63) is 35.4 Å². The summed E-state index contributed by atoms with van der Waals surface area (Å²) in [6, 6.07) is 7.79. The molecule has 1 fully saturated rings. The van der Waals surface area contributed by atoms with Gasteiger partial charge in [0.1, 0.15) is 6.10 Å². The van der Waals surface area contributed by atoms with Gasteiger partial charge in [-0.15, -0.1) is 0 Å². The second-order valence-electron chi connectivity index (χ2n) is 5.45. The van der Waals surface area contributed by atoms with Gasteiger partial charge in [-0.2, -0.15) is 0 Å². The van der Waals surface area contributed by atoms with Crippen LogP contribution in [0, 0.1) is 0 Å². The average Bonchev–Trinajstić information content (AvgIpc) is 2.40. The van der Waals surface area contributed by atoms with Crippen molar-refractivity contribution < 1.29 is 9.53 Å². The van der Waals surface area contributed by atoms with Crippen LogP contribution in [0.25, 0.3) is 0 Å². The van der Waals surface area contributed by atoms with Crippen LogP contribution in [0.5, 0.6) is 0 Å². The minimum atomic E-state index is -0.163. The summed E-state index contributed by atoms with van der Waals surface area (Å²) in [7, 11) is 0. The summed E-state index contributed by atoms with van der Waals surface area (Å²) in [5.41, 5.74) is 1.87. The molecule has 0 saturated heterocycles. The molecule has 0 unspecified atom stereocenters. The van der Waals surface area contributed by atoms with Gasteiger partial charge in [0.05, 0.1) is 5.56 Å². The molecule has 0 radical (unpaired) electrons. The van der Waals surface area contributed by atoms with Crippen molar-refractivity contribution >= 4 is 5.97 Å². The molecule has 1 aliphatic carbocycles. The summed E-state index contributed by atoms with van der Waals surface area (Å²) < 4.78 is 5.57. The van der Waals surface area contributed by atoms with Crippen molar-refractivity contribution in [1.82, 2.24) is 0 Å². The molecule has 0 aliphatic heterocycles. The van der Waals surface area contributed by atoms with E-state index in [0.29, 0.717) is 11.5 Å². The smallest absolute Gasteiger partial charge is 0.338 e. The van der Waals surface area contributed by atoms with Gasteiger partial charge in [0, 0.05) is 0 Å². The SMILES string of the molecule is CC(C)c1cccc(C(=O)OC2CCCCC2)c1. The Morgan fingerprint density at radius 2 is 1.94 bits per heavy atom. The monoisotopic (exact) mass is 246 g/mol. The lowest BCUT2D eigenvalue weighted by Crippen LogP contribution is -2.21. The Morgan fingerprint density at radius 1 is 1.22 bits per heavy atom. The molecule has 1 aromatic carbocycles. The third-order valence-electron chi connectivity index (χ3n) is 3.61. The molecule has 98 valence electrons. The Kier molecular flexibility index (Phi) is 4.40. The van der Waals surface area contributed by atoms with E-state index in [1.807, 2.05) is 18.2 Å². The molecule has 1 saturated carbocycles. The predicted molar refractivity (Wildman–Crippen MR) is 72.8 cm³/mol. The van der Waals surface area contributed by atoms with E-state index in [-0.39, 0.29) is 12.1 Å². The molecule has 0 spiro atoms. The Labute approximate surface area is 109 Å². The molecule has 0 bridgehead atoms. The van der Waals surface area contributed by atoms with Crippen molar-refractivity contribution in [2.24, 2.45) is 0 Å². The summed E-state index contributed by atoms with van der Waals surface area (Å²) in [6.07, 6.45) is 5.82. The summed E-state index contributed by atoms with van der Waals surface area (Å²) in [4.78, 5) is 12.1. The maximum atomic E-state index is 12.1. The molecule has 0 amide bonds. The number of benzene rings is 1. The van der Waals surface area contributed by atoms with Crippen LogP contribution in [0.4, 0.5) is 0 Å². The first kappa shape index (κ1) is 13.1. The van der Waals surface area contributed by atoms with E-state index in [4.69, 9.17) is 4.74 Å². The summed E-state index contributed by atoms with van der Waals surface area (Å²) >= 11 is 0. The molecule has 2 heteroatoms. The number of ether oxygens (including phenoxy) is 1. The lowest BCUT2D eigenvalue weighted by molar-refractivity contribution is 0.0211. The fraction of sp³-hybridized carbons (Fsp3) is 0.562. The maximum absolute atomic E-state index is 12.1. The molecule has 0 atom stereocenters. The van der Waals surface area contributed by atoms with Crippen molar-refractivity contribution in [3.63, 3.8) is 0 Å². The number of carbonyl (C=O) groups excluding carboxylic acids is 1. The van der Waals surface area contributed by atoms with Gasteiger partial charge < -0.3 is 4.74 Å². The maximum Gasteiger partial charge on any atom is 0.338 e. The predicted octanol–water partition coefficient (Wildman–Crippen LogP) is 4.30. The highest BCUT2D eigenvalue weighted by atomic mass is 16.5. The van der Waals surface area contributed by atoms with Gasteiger partial charge in [0.2, 0.25) is 0 Å². The molecule has 0 heterocycles. The summed E-state index contributed by atoms with van der Waals surface area (Å²) in [6.45, 7) is 4.26. The second-order valence-corrected chi connectivity index (χ2v) is 5.45. The Hall–Kier alpha value is -1.31. The van der Waals surface area contributed by atoms with Gasteiger partial charge in [-0.3, -0.25) is 0 Å². The minimum Gasteiger partial charge on any atom is -0.459 e. The normalized spacial score (nSPS) is 16.8. The van der Waals surface area contributed by atoms with Crippen LogP contribution in [0.3, 0.4) is 0 Å². The van der Waals surface area contributed by atoms with E-state index in [1.165, 1.54) is 24.8 Å². The highest BCUT2D eigenvalue weighted by Crippen LogP contribution is 2.22. The van der Waals surface area contributed by atoms with Crippen molar-refractivity contribution in [2.45, 2.75) is 58.0 Å². The largest absolute Gasteiger partial charge is 0.459 e. The quantitative estimate of drug-likeness (QED) is 0.743. The van der Waals surface area contributed by atoms with Crippen molar-refractivity contribution in [3.8, 4) is 0 Å². The Balaban J connectivity index is 2.01. The molecule has 18 heavy (non-hydrogen) atoms. The van der Waals surface area contributed by atoms with Crippen LogP contribution < -0.4 is 0 Å². The van der Waals surface area contributed by atoms with Crippen molar-refractivity contribution in [2.75, 3.05) is 0 Å². The van der Waals surface area contributed by atoms with E-state index in [0.717, 1.165) is 12.8 Å². The van der Waals surface area contributed by atoms with Gasteiger partial charge in [0.25, 0.3) is 0 Å². The van der Waals surface area contributed by atoms with E-state index >= 15 is 0 Å². The molecular formula is C16H22O2. The number of carbonyl (C=O) groups is 1. The zero-order chi connectivity index (χ0) is 13.0. The molecule has 1 aliphatic rings.